The quantitative estimate of drug-likeness (QED) is 0.641. The van der Waals surface area contributed by atoms with Crippen molar-refractivity contribution >= 4 is 5.91 Å². The standard InChI is InChI=1S/C19H22FN5O2/c1-4-25-14(2)15(11-21-25)12-23(3)19(26)18-9-10-24(22-18)13-27-17-7-5-16(20)6-8-17/h5-11H,4,12-13H2,1-3H3. The molecule has 0 aliphatic heterocycles. The van der Waals surface area contributed by atoms with E-state index in [0.717, 1.165) is 17.8 Å². The molecular formula is C19H22FN5O2. The van der Waals surface area contributed by atoms with Crippen LogP contribution in [0.2, 0.25) is 0 Å². The highest BCUT2D eigenvalue weighted by atomic mass is 19.1. The molecule has 2 heterocycles. The highest BCUT2D eigenvalue weighted by Gasteiger charge is 2.17. The Bertz CT molecular complexity index is 917. The largest absolute Gasteiger partial charge is 0.471 e. The first-order valence-electron chi connectivity index (χ1n) is 8.66. The number of rotatable bonds is 7. The number of carbonyl (C=O) groups is 1. The molecule has 0 bridgehead atoms. The van der Waals surface area contributed by atoms with E-state index in [2.05, 4.69) is 10.2 Å². The highest BCUT2D eigenvalue weighted by Crippen LogP contribution is 2.13. The Hall–Kier alpha value is -3.16. The zero-order chi connectivity index (χ0) is 19.4. The molecule has 0 fully saturated rings. The summed E-state index contributed by atoms with van der Waals surface area (Å²) < 4.78 is 21.8. The van der Waals surface area contributed by atoms with Crippen LogP contribution in [-0.4, -0.2) is 37.4 Å². The third-order valence-electron chi connectivity index (χ3n) is 4.30. The summed E-state index contributed by atoms with van der Waals surface area (Å²) in [7, 11) is 1.74. The molecule has 1 aromatic carbocycles. The van der Waals surface area contributed by atoms with Crippen LogP contribution in [0.5, 0.6) is 5.75 Å². The fourth-order valence-electron chi connectivity index (χ4n) is 2.70. The van der Waals surface area contributed by atoms with Crippen molar-refractivity contribution in [3.8, 4) is 5.75 Å². The van der Waals surface area contributed by atoms with E-state index in [4.69, 9.17) is 4.74 Å². The van der Waals surface area contributed by atoms with Crippen molar-refractivity contribution < 1.29 is 13.9 Å². The van der Waals surface area contributed by atoms with Gasteiger partial charge in [-0.3, -0.25) is 9.48 Å². The molecule has 1 amide bonds. The molecule has 0 aliphatic rings. The van der Waals surface area contributed by atoms with Gasteiger partial charge in [-0.1, -0.05) is 0 Å². The van der Waals surface area contributed by atoms with Gasteiger partial charge < -0.3 is 9.64 Å². The summed E-state index contributed by atoms with van der Waals surface area (Å²) in [6, 6.07) is 7.38. The van der Waals surface area contributed by atoms with Gasteiger partial charge in [0.05, 0.1) is 6.20 Å². The van der Waals surface area contributed by atoms with Crippen LogP contribution >= 0.6 is 0 Å². The van der Waals surface area contributed by atoms with Crippen LogP contribution in [0.15, 0.2) is 42.7 Å². The number of carbonyl (C=O) groups excluding carboxylic acids is 1. The van der Waals surface area contributed by atoms with E-state index in [-0.39, 0.29) is 18.5 Å². The van der Waals surface area contributed by atoms with E-state index in [9.17, 15) is 9.18 Å². The fraction of sp³-hybridized carbons (Fsp3) is 0.316. The van der Waals surface area contributed by atoms with Crippen LogP contribution in [0.3, 0.4) is 0 Å². The third-order valence-corrected chi connectivity index (χ3v) is 4.30. The van der Waals surface area contributed by atoms with Crippen LogP contribution in [0.1, 0.15) is 28.7 Å². The van der Waals surface area contributed by atoms with E-state index in [1.165, 1.54) is 28.9 Å². The number of amides is 1. The fourth-order valence-corrected chi connectivity index (χ4v) is 2.70. The van der Waals surface area contributed by atoms with E-state index < -0.39 is 0 Å². The topological polar surface area (TPSA) is 65.2 Å². The van der Waals surface area contributed by atoms with Gasteiger partial charge in [0.15, 0.2) is 12.4 Å². The van der Waals surface area contributed by atoms with Crippen molar-refractivity contribution in [2.75, 3.05) is 7.05 Å². The Morgan fingerprint density at radius 2 is 2.00 bits per heavy atom. The number of aromatic nitrogens is 4. The Balaban J connectivity index is 1.60. The minimum atomic E-state index is -0.322. The van der Waals surface area contributed by atoms with Crippen LogP contribution < -0.4 is 4.74 Å². The summed E-state index contributed by atoms with van der Waals surface area (Å²) in [5.74, 6) is 0.0246. The van der Waals surface area contributed by atoms with Crippen molar-refractivity contribution in [1.82, 2.24) is 24.5 Å². The van der Waals surface area contributed by atoms with Crippen molar-refractivity contribution in [2.45, 2.75) is 33.7 Å². The molecule has 2 aromatic heterocycles. The van der Waals surface area contributed by atoms with Gasteiger partial charge in [0.2, 0.25) is 0 Å². The second-order valence-electron chi connectivity index (χ2n) is 6.20. The molecule has 27 heavy (non-hydrogen) atoms. The molecule has 0 saturated carbocycles. The minimum Gasteiger partial charge on any atom is -0.471 e. The predicted molar refractivity (Wildman–Crippen MR) is 97.7 cm³/mol. The van der Waals surface area contributed by atoms with Gasteiger partial charge in [-0.15, -0.1) is 0 Å². The summed E-state index contributed by atoms with van der Waals surface area (Å²) >= 11 is 0. The van der Waals surface area contributed by atoms with Gasteiger partial charge >= 0.3 is 0 Å². The summed E-state index contributed by atoms with van der Waals surface area (Å²) in [6.45, 7) is 5.40. The average molecular weight is 371 g/mol. The number of benzene rings is 1. The van der Waals surface area contributed by atoms with Crippen molar-refractivity contribution in [3.63, 3.8) is 0 Å². The number of halogens is 1. The third kappa shape index (κ3) is 4.33. The number of hydrogen-bond donors (Lipinski definition) is 0. The Morgan fingerprint density at radius 3 is 2.67 bits per heavy atom. The zero-order valence-corrected chi connectivity index (χ0v) is 15.6. The second kappa shape index (κ2) is 8.03. The maximum absolute atomic E-state index is 12.9. The molecule has 0 radical (unpaired) electrons. The molecule has 0 N–H and O–H groups in total. The van der Waals surface area contributed by atoms with Gasteiger partial charge in [0.25, 0.3) is 5.91 Å². The van der Waals surface area contributed by atoms with Gasteiger partial charge in [-0.25, -0.2) is 9.07 Å². The second-order valence-corrected chi connectivity index (χ2v) is 6.20. The Morgan fingerprint density at radius 1 is 1.26 bits per heavy atom. The summed E-state index contributed by atoms with van der Waals surface area (Å²) in [4.78, 5) is 14.2. The molecule has 3 aromatic rings. The van der Waals surface area contributed by atoms with Crippen LogP contribution in [0, 0.1) is 12.7 Å². The van der Waals surface area contributed by atoms with Crippen molar-refractivity contribution in [3.05, 3.63) is 65.5 Å². The van der Waals surface area contributed by atoms with Crippen LogP contribution in [0.25, 0.3) is 0 Å². The van der Waals surface area contributed by atoms with E-state index in [1.54, 1.807) is 30.4 Å². The molecule has 0 spiro atoms. The number of aryl methyl sites for hydroxylation is 1. The molecule has 0 unspecified atom stereocenters. The van der Waals surface area contributed by atoms with Crippen LogP contribution in [0.4, 0.5) is 4.39 Å². The lowest BCUT2D eigenvalue weighted by Crippen LogP contribution is -2.27. The molecule has 142 valence electrons. The van der Waals surface area contributed by atoms with Crippen molar-refractivity contribution in [1.29, 1.82) is 0 Å². The average Bonchev–Trinajstić information content (AvgIpc) is 3.28. The molecular weight excluding hydrogens is 349 g/mol. The summed E-state index contributed by atoms with van der Waals surface area (Å²) in [5, 5.41) is 8.56. The smallest absolute Gasteiger partial charge is 0.274 e. The van der Waals surface area contributed by atoms with Crippen molar-refractivity contribution in [2.24, 2.45) is 0 Å². The Labute approximate surface area is 157 Å². The Kier molecular flexibility index (Phi) is 5.54. The maximum atomic E-state index is 12.9. The first-order chi connectivity index (χ1) is 13.0. The SMILES string of the molecule is CCn1ncc(CN(C)C(=O)c2ccn(COc3ccc(F)cc3)n2)c1C. The number of hydrogen-bond acceptors (Lipinski definition) is 4. The lowest BCUT2D eigenvalue weighted by molar-refractivity contribution is 0.0777. The maximum Gasteiger partial charge on any atom is 0.274 e. The monoisotopic (exact) mass is 371 g/mol. The van der Waals surface area contributed by atoms with Gasteiger partial charge in [0, 0.05) is 37.6 Å². The lowest BCUT2D eigenvalue weighted by atomic mass is 10.2. The summed E-state index contributed by atoms with van der Waals surface area (Å²) in [5.41, 5.74) is 2.39. The molecule has 3 rings (SSSR count). The predicted octanol–water partition coefficient (Wildman–Crippen LogP) is 2.86. The van der Waals surface area contributed by atoms with Gasteiger partial charge in [-0.2, -0.15) is 10.2 Å². The summed E-state index contributed by atoms with van der Waals surface area (Å²) in [6.07, 6.45) is 3.46. The zero-order valence-electron chi connectivity index (χ0n) is 15.6. The lowest BCUT2D eigenvalue weighted by Gasteiger charge is -2.15. The first kappa shape index (κ1) is 18.6. The normalized spacial score (nSPS) is 10.8. The highest BCUT2D eigenvalue weighted by molar-refractivity contribution is 5.91. The molecule has 0 atom stereocenters. The van der Waals surface area contributed by atoms with E-state index in [0.29, 0.717) is 18.0 Å². The molecule has 0 saturated heterocycles. The van der Waals surface area contributed by atoms with Crippen LogP contribution in [-0.2, 0) is 19.8 Å². The number of nitrogens with zero attached hydrogens (tertiary/aromatic N) is 5. The van der Waals surface area contributed by atoms with Gasteiger partial charge in [-0.05, 0) is 44.2 Å². The molecule has 7 nitrogen and oxygen atoms in total. The van der Waals surface area contributed by atoms with E-state index >= 15 is 0 Å². The number of ether oxygens (including phenoxy) is 1. The molecule has 8 heteroatoms. The first-order valence-corrected chi connectivity index (χ1v) is 8.66. The van der Waals surface area contributed by atoms with E-state index in [1.807, 2.05) is 18.5 Å². The minimum absolute atomic E-state index is 0.130. The molecule has 0 aliphatic carbocycles. The van der Waals surface area contributed by atoms with Gasteiger partial charge in [0.1, 0.15) is 11.6 Å².